The number of benzene rings is 2. The van der Waals surface area contributed by atoms with Crippen LogP contribution in [0.15, 0.2) is 29.2 Å². The van der Waals surface area contributed by atoms with Crippen LogP contribution in [0.1, 0.15) is 21.7 Å². The van der Waals surface area contributed by atoms with Crippen molar-refractivity contribution in [2.45, 2.75) is 18.0 Å². The lowest BCUT2D eigenvalue weighted by molar-refractivity contribution is -0.143. The van der Waals surface area contributed by atoms with E-state index >= 15 is 0 Å². The molecule has 16 heteroatoms. The summed E-state index contributed by atoms with van der Waals surface area (Å²) >= 11 is 29.2. The Morgan fingerprint density at radius 3 is 2.15 bits per heavy atom. The number of alkyl halides is 3. The lowest BCUT2D eigenvalue weighted by Gasteiger charge is -2.14. The lowest BCUT2D eigenvalue weighted by atomic mass is 10.2. The van der Waals surface area contributed by atoms with Gasteiger partial charge in [-0.05, 0) is 36.8 Å². The van der Waals surface area contributed by atoms with Crippen molar-refractivity contribution in [3.8, 4) is 5.69 Å². The molecule has 0 atom stereocenters. The molecule has 0 aliphatic rings. The average molecular weight is 583 g/mol. The van der Waals surface area contributed by atoms with Gasteiger partial charge in [0.2, 0.25) is 0 Å². The molecule has 1 amide bonds. The maximum atomic E-state index is 13.9. The van der Waals surface area contributed by atoms with Gasteiger partial charge in [-0.25, -0.2) is 17.8 Å². The minimum Gasteiger partial charge on any atom is -0.266 e. The smallest absolute Gasteiger partial charge is 0.266 e. The van der Waals surface area contributed by atoms with E-state index < -0.39 is 43.4 Å². The minimum absolute atomic E-state index is 0.0792. The molecule has 0 radical (unpaired) electrons. The van der Waals surface area contributed by atoms with Crippen molar-refractivity contribution in [1.29, 1.82) is 0 Å². The number of nitrogens with zero attached hydrogens (tertiary/aromatic N) is 3. The number of carbonyl (C=O) groups excluding carboxylic acids is 1. The summed E-state index contributed by atoms with van der Waals surface area (Å²) < 4.78 is 68.6. The number of rotatable bonds is 4. The van der Waals surface area contributed by atoms with Crippen LogP contribution in [-0.4, -0.2) is 29.3 Å². The van der Waals surface area contributed by atoms with E-state index in [4.69, 9.17) is 58.0 Å². The van der Waals surface area contributed by atoms with Crippen LogP contribution in [0.4, 0.5) is 13.2 Å². The molecule has 3 aromatic rings. The van der Waals surface area contributed by atoms with Gasteiger partial charge in [-0.1, -0.05) is 63.2 Å². The summed E-state index contributed by atoms with van der Waals surface area (Å²) in [5.74, 6) is -1.72. The number of sulfonamides is 1. The third-order valence-electron chi connectivity index (χ3n) is 4.08. The molecule has 0 saturated heterocycles. The molecule has 0 spiro atoms. The number of hydrogen-bond acceptors (Lipinski definition) is 5. The highest BCUT2D eigenvalue weighted by molar-refractivity contribution is 7.90. The highest BCUT2D eigenvalue weighted by Crippen LogP contribution is 2.37. The van der Waals surface area contributed by atoms with Crippen LogP contribution in [0.2, 0.25) is 25.1 Å². The van der Waals surface area contributed by atoms with Gasteiger partial charge in [0.15, 0.2) is 11.4 Å². The van der Waals surface area contributed by atoms with Crippen LogP contribution < -0.4 is 4.72 Å². The van der Waals surface area contributed by atoms with Gasteiger partial charge < -0.3 is 0 Å². The quantitative estimate of drug-likeness (QED) is 0.382. The van der Waals surface area contributed by atoms with Crippen molar-refractivity contribution >= 4 is 73.9 Å². The van der Waals surface area contributed by atoms with Crippen LogP contribution in [0.25, 0.3) is 5.69 Å². The fraction of sp³-hybridized carbons (Fsp3) is 0.118. The predicted molar refractivity (Wildman–Crippen MR) is 117 cm³/mol. The second-order valence-corrected chi connectivity index (χ2v) is 10.1. The minimum atomic E-state index is -5.18. The monoisotopic (exact) mass is 580 g/mol. The topological polar surface area (TPSA) is 93.9 Å². The SMILES string of the molecule is Cc1cc(Cl)cc(Cl)c1-n1nnc(C(=O)NS(=O)(=O)c2cc(Cl)c(Cl)cc2Cl)c1C(F)(F)F. The Morgan fingerprint density at radius 1 is 0.970 bits per heavy atom. The lowest BCUT2D eigenvalue weighted by Crippen LogP contribution is -2.33. The highest BCUT2D eigenvalue weighted by atomic mass is 35.5. The number of aryl methyl sites for hydroxylation is 1. The fourth-order valence-electron chi connectivity index (χ4n) is 2.74. The zero-order valence-electron chi connectivity index (χ0n) is 15.8. The van der Waals surface area contributed by atoms with Gasteiger partial charge in [-0.2, -0.15) is 13.2 Å². The summed E-state index contributed by atoms with van der Waals surface area (Å²) in [6, 6.07) is 4.32. The van der Waals surface area contributed by atoms with E-state index in [-0.39, 0.29) is 36.0 Å². The predicted octanol–water partition coefficient (Wildman–Crippen LogP) is 5.98. The Hall–Kier alpha value is -1.76. The van der Waals surface area contributed by atoms with E-state index in [2.05, 4.69) is 10.3 Å². The van der Waals surface area contributed by atoms with E-state index in [1.165, 1.54) is 23.8 Å². The van der Waals surface area contributed by atoms with Crippen molar-refractivity contribution < 1.29 is 26.4 Å². The molecule has 0 saturated carbocycles. The van der Waals surface area contributed by atoms with Gasteiger partial charge >= 0.3 is 6.18 Å². The number of halogens is 8. The maximum absolute atomic E-state index is 13.9. The average Bonchev–Trinajstić information content (AvgIpc) is 3.08. The molecule has 0 aliphatic carbocycles. The standard InChI is InChI=1S/C17H8Cl5F3N4O3S/c1-6-2-7(18)3-11(22)14(6)29-15(17(23,24)25)13(26-28-29)16(30)27-33(31,32)12-5-9(20)8(19)4-10(12)21/h2-5H,1H3,(H,27,30). The zero-order chi connectivity index (χ0) is 24.9. The molecule has 0 unspecified atom stereocenters. The van der Waals surface area contributed by atoms with E-state index in [9.17, 15) is 26.4 Å². The largest absolute Gasteiger partial charge is 0.435 e. The first-order chi connectivity index (χ1) is 15.1. The van der Waals surface area contributed by atoms with Gasteiger partial charge in [0.25, 0.3) is 15.9 Å². The Morgan fingerprint density at radius 2 is 1.58 bits per heavy atom. The van der Waals surface area contributed by atoms with Crippen molar-refractivity contribution in [2.24, 2.45) is 0 Å². The number of hydrogen-bond donors (Lipinski definition) is 1. The molecule has 33 heavy (non-hydrogen) atoms. The summed E-state index contributed by atoms with van der Waals surface area (Å²) in [6.45, 7) is 1.41. The summed E-state index contributed by atoms with van der Waals surface area (Å²) in [6.07, 6.45) is -5.18. The fourth-order valence-corrected chi connectivity index (χ4v) is 5.37. The molecular formula is C17H8Cl5F3N4O3S. The Labute approximate surface area is 209 Å². The molecular weight excluding hydrogens is 575 g/mol. The van der Waals surface area contributed by atoms with Gasteiger partial charge in [0.1, 0.15) is 4.90 Å². The first kappa shape index (κ1) is 25.9. The second-order valence-electron chi connectivity index (χ2n) is 6.38. The van der Waals surface area contributed by atoms with Crippen LogP contribution >= 0.6 is 58.0 Å². The molecule has 1 heterocycles. The summed E-state index contributed by atoms with van der Waals surface area (Å²) in [5.41, 5.74) is -3.06. The van der Waals surface area contributed by atoms with Gasteiger partial charge in [0.05, 0.1) is 25.8 Å². The van der Waals surface area contributed by atoms with Crippen molar-refractivity contribution in [1.82, 2.24) is 19.7 Å². The molecule has 0 bridgehead atoms. The molecule has 1 N–H and O–H groups in total. The van der Waals surface area contributed by atoms with Gasteiger partial charge in [-0.3, -0.25) is 4.79 Å². The third-order valence-corrected chi connectivity index (χ3v) is 7.10. The zero-order valence-corrected chi connectivity index (χ0v) is 20.4. The normalized spacial score (nSPS) is 12.2. The second kappa shape index (κ2) is 9.12. The third kappa shape index (κ3) is 5.18. The first-order valence-electron chi connectivity index (χ1n) is 8.34. The summed E-state index contributed by atoms with van der Waals surface area (Å²) in [5, 5.41) is 5.83. The maximum Gasteiger partial charge on any atom is 0.435 e. The van der Waals surface area contributed by atoms with Crippen molar-refractivity contribution in [3.63, 3.8) is 0 Å². The van der Waals surface area contributed by atoms with Crippen molar-refractivity contribution in [3.05, 3.63) is 66.3 Å². The number of carbonyl (C=O) groups is 1. The first-order valence-corrected chi connectivity index (χ1v) is 11.7. The van der Waals surface area contributed by atoms with E-state index in [0.717, 1.165) is 12.1 Å². The van der Waals surface area contributed by atoms with Gasteiger partial charge in [-0.15, -0.1) is 5.10 Å². The summed E-state index contributed by atoms with van der Waals surface area (Å²) in [7, 11) is -4.78. The molecule has 0 fully saturated rings. The van der Waals surface area contributed by atoms with Crippen LogP contribution in [-0.2, 0) is 16.2 Å². The number of amides is 1. The van der Waals surface area contributed by atoms with Crippen LogP contribution in [0, 0.1) is 6.92 Å². The van der Waals surface area contributed by atoms with E-state index in [1.54, 1.807) is 0 Å². The molecule has 176 valence electrons. The molecule has 0 aliphatic heterocycles. The number of nitrogens with one attached hydrogen (secondary N) is 1. The van der Waals surface area contributed by atoms with Crippen LogP contribution in [0.3, 0.4) is 0 Å². The van der Waals surface area contributed by atoms with E-state index in [1.807, 2.05) is 0 Å². The van der Waals surface area contributed by atoms with E-state index in [0.29, 0.717) is 0 Å². The summed E-state index contributed by atoms with van der Waals surface area (Å²) in [4.78, 5) is 11.9. The Kier molecular flexibility index (Phi) is 7.15. The number of aromatic nitrogens is 3. The molecule has 1 aromatic heterocycles. The Bertz CT molecular complexity index is 1370. The molecule has 2 aromatic carbocycles. The van der Waals surface area contributed by atoms with Crippen molar-refractivity contribution in [2.75, 3.05) is 0 Å². The Balaban J connectivity index is 2.11. The highest BCUT2D eigenvalue weighted by Gasteiger charge is 2.43. The van der Waals surface area contributed by atoms with Crippen LogP contribution in [0.5, 0.6) is 0 Å². The van der Waals surface area contributed by atoms with Gasteiger partial charge in [0, 0.05) is 5.02 Å². The molecule has 3 rings (SSSR count). The molecule has 7 nitrogen and oxygen atoms in total.